The molecule has 1 aromatic heterocycles. The number of aryl methyl sites for hydroxylation is 1. The molecule has 2 nitrogen and oxygen atoms in total. The second-order valence-electron chi connectivity index (χ2n) is 5.45. The molecule has 0 amide bonds. The normalized spacial score (nSPS) is 20.0. The standard InChI is InChI=1S/C15H24N2S/c1-11(10-14-9-8-12(2)18-14)17-15(16)13-6-4-3-5-7-13/h8-9,11,13H,3-7,10H2,1-2H3,(H2,16,17). The molecule has 0 bridgehead atoms. The van der Waals surface area contributed by atoms with Crippen LogP contribution in [0.1, 0.15) is 48.8 Å². The summed E-state index contributed by atoms with van der Waals surface area (Å²) in [5.41, 5.74) is 6.16. The van der Waals surface area contributed by atoms with Crippen LogP contribution in [0, 0.1) is 12.8 Å². The molecule has 1 aliphatic rings. The first kappa shape index (κ1) is 13.6. The van der Waals surface area contributed by atoms with Gasteiger partial charge in [-0.2, -0.15) is 0 Å². The van der Waals surface area contributed by atoms with Crippen LogP contribution in [0.5, 0.6) is 0 Å². The molecule has 1 heterocycles. The second kappa shape index (κ2) is 6.37. The van der Waals surface area contributed by atoms with E-state index < -0.39 is 0 Å². The Bertz CT molecular complexity index is 402. The average Bonchev–Trinajstić information content (AvgIpc) is 2.75. The van der Waals surface area contributed by atoms with Gasteiger partial charge in [-0.25, -0.2) is 0 Å². The number of thiophene rings is 1. The molecule has 0 aliphatic heterocycles. The van der Waals surface area contributed by atoms with Gasteiger partial charge in [-0.15, -0.1) is 11.3 Å². The van der Waals surface area contributed by atoms with E-state index >= 15 is 0 Å². The second-order valence-corrected chi connectivity index (χ2v) is 6.83. The van der Waals surface area contributed by atoms with Crippen molar-refractivity contribution in [3.05, 3.63) is 21.9 Å². The third-order valence-corrected chi connectivity index (χ3v) is 4.71. The highest BCUT2D eigenvalue weighted by atomic mass is 32.1. The number of hydrogen-bond donors (Lipinski definition) is 1. The van der Waals surface area contributed by atoms with E-state index in [1.807, 2.05) is 11.3 Å². The van der Waals surface area contributed by atoms with Crippen molar-refractivity contribution in [2.24, 2.45) is 16.6 Å². The molecule has 2 rings (SSSR count). The summed E-state index contributed by atoms with van der Waals surface area (Å²) in [7, 11) is 0. The van der Waals surface area contributed by atoms with Crippen LogP contribution in [0.3, 0.4) is 0 Å². The molecular weight excluding hydrogens is 240 g/mol. The smallest absolute Gasteiger partial charge is 0.0971 e. The zero-order chi connectivity index (χ0) is 13.0. The summed E-state index contributed by atoms with van der Waals surface area (Å²) in [6.45, 7) is 4.32. The quantitative estimate of drug-likeness (QED) is 0.649. The van der Waals surface area contributed by atoms with Crippen molar-refractivity contribution in [3.63, 3.8) is 0 Å². The fourth-order valence-electron chi connectivity index (χ4n) is 2.69. The molecule has 0 spiro atoms. The number of hydrogen-bond acceptors (Lipinski definition) is 2. The Morgan fingerprint density at radius 1 is 1.39 bits per heavy atom. The van der Waals surface area contributed by atoms with Crippen LogP contribution in [0.25, 0.3) is 0 Å². The third-order valence-electron chi connectivity index (χ3n) is 3.69. The summed E-state index contributed by atoms with van der Waals surface area (Å²) in [5, 5.41) is 0. The first-order valence-electron chi connectivity index (χ1n) is 7.03. The van der Waals surface area contributed by atoms with Gasteiger partial charge in [0.15, 0.2) is 0 Å². The van der Waals surface area contributed by atoms with Gasteiger partial charge in [-0.3, -0.25) is 4.99 Å². The SMILES string of the molecule is Cc1ccc(CC(C)N=C(N)C2CCCCC2)s1. The molecular formula is C15H24N2S. The van der Waals surface area contributed by atoms with Gasteiger partial charge in [0.25, 0.3) is 0 Å². The lowest BCUT2D eigenvalue weighted by molar-refractivity contribution is 0.435. The van der Waals surface area contributed by atoms with E-state index in [-0.39, 0.29) is 0 Å². The Hall–Kier alpha value is -0.830. The third kappa shape index (κ3) is 3.84. The zero-order valence-corrected chi connectivity index (χ0v) is 12.3. The van der Waals surface area contributed by atoms with Gasteiger partial charge >= 0.3 is 0 Å². The van der Waals surface area contributed by atoms with Gasteiger partial charge in [-0.05, 0) is 38.8 Å². The predicted octanol–water partition coefficient (Wildman–Crippen LogP) is 3.93. The maximum absolute atomic E-state index is 6.16. The van der Waals surface area contributed by atoms with E-state index in [1.165, 1.54) is 41.9 Å². The Morgan fingerprint density at radius 2 is 2.11 bits per heavy atom. The maximum atomic E-state index is 6.16. The summed E-state index contributed by atoms with van der Waals surface area (Å²) >= 11 is 1.87. The topological polar surface area (TPSA) is 38.4 Å². The minimum atomic E-state index is 0.310. The maximum Gasteiger partial charge on any atom is 0.0971 e. The Balaban J connectivity index is 1.90. The van der Waals surface area contributed by atoms with Crippen molar-refractivity contribution >= 4 is 17.2 Å². The molecule has 0 aromatic carbocycles. The van der Waals surface area contributed by atoms with Crippen LogP contribution in [0.2, 0.25) is 0 Å². The van der Waals surface area contributed by atoms with Crippen molar-refractivity contribution < 1.29 is 0 Å². The predicted molar refractivity (Wildman–Crippen MR) is 80.4 cm³/mol. The lowest BCUT2D eigenvalue weighted by Crippen LogP contribution is -2.27. The molecule has 18 heavy (non-hydrogen) atoms. The molecule has 1 atom stereocenters. The molecule has 0 radical (unpaired) electrons. The van der Waals surface area contributed by atoms with Crippen molar-refractivity contribution in [1.29, 1.82) is 0 Å². The molecule has 0 saturated heterocycles. The monoisotopic (exact) mass is 264 g/mol. The van der Waals surface area contributed by atoms with E-state index in [9.17, 15) is 0 Å². The number of aliphatic imine (C=N–C) groups is 1. The molecule has 1 fully saturated rings. The summed E-state index contributed by atoms with van der Waals surface area (Å²) in [6, 6.07) is 4.70. The minimum absolute atomic E-state index is 0.310. The fourth-order valence-corrected chi connectivity index (χ4v) is 3.70. The van der Waals surface area contributed by atoms with Crippen molar-refractivity contribution in [3.8, 4) is 0 Å². The summed E-state index contributed by atoms with van der Waals surface area (Å²) in [6.07, 6.45) is 7.50. The highest BCUT2D eigenvalue weighted by Crippen LogP contribution is 2.24. The van der Waals surface area contributed by atoms with Gasteiger partial charge < -0.3 is 5.73 Å². The van der Waals surface area contributed by atoms with E-state index in [4.69, 9.17) is 10.7 Å². The Morgan fingerprint density at radius 3 is 2.72 bits per heavy atom. The van der Waals surface area contributed by atoms with Crippen LogP contribution in [0.4, 0.5) is 0 Å². The van der Waals surface area contributed by atoms with Crippen molar-refractivity contribution in [2.75, 3.05) is 0 Å². The molecule has 100 valence electrons. The van der Waals surface area contributed by atoms with Crippen LogP contribution in [-0.2, 0) is 6.42 Å². The van der Waals surface area contributed by atoms with E-state index in [2.05, 4.69) is 26.0 Å². The number of amidine groups is 1. The average molecular weight is 264 g/mol. The van der Waals surface area contributed by atoms with E-state index in [0.717, 1.165) is 12.3 Å². The Kier molecular flexibility index (Phi) is 4.81. The van der Waals surface area contributed by atoms with Gasteiger partial charge in [0.05, 0.1) is 11.9 Å². The van der Waals surface area contributed by atoms with E-state index in [0.29, 0.717) is 12.0 Å². The van der Waals surface area contributed by atoms with Crippen LogP contribution >= 0.6 is 11.3 Å². The zero-order valence-electron chi connectivity index (χ0n) is 11.5. The first-order chi connectivity index (χ1) is 8.65. The van der Waals surface area contributed by atoms with Gasteiger partial charge in [0.1, 0.15) is 0 Å². The Labute approximate surface area is 114 Å². The molecule has 1 unspecified atom stereocenters. The summed E-state index contributed by atoms with van der Waals surface area (Å²) in [4.78, 5) is 7.50. The van der Waals surface area contributed by atoms with Crippen LogP contribution in [0.15, 0.2) is 17.1 Å². The largest absolute Gasteiger partial charge is 0.387 e. The van der Waals surface area contributed by atoms with Crippen molar-refractivity contribution in [2.45, 2.75) is 58.4 Å². The summed E-state index contributed by atoms with van der Waals surface area (Å²) < 4.78 is 0. The van der Waals surface area contributed by atoms with Crippen molar-refractivity contribution in [1.82, 2.24) is 0 Å². The van der Waals surface area contributed by atoms with E-state index in [1.54, 1.807) is 0 Å². The number of rotatable bonds is 4. The van der Waals surface area contributed by atoms with Gasteiger partial charge in [0.2, 0.25) is 0 Å². The summed E-state index contributed by atoms with van der Waals surface area (Å²) in [5.74, 6) is 1.45. The highest BCUT2D eigenvalue weighted by molar-refractivity contribution is 7.11. The number of nitrogens with zero attached hydrogens (tertiary/aromatic N) is 1. The van der Waals surface area contributed by atoms with Gasteiger partial charge in [0, 0.05) is 22.1 Å². The lowest BCUT2D eigenvalue weighted by atomic mass is 9.88. The fraction of sp³-hybridized carbons (Fsp3) is 0.667. The molecule has 3 heteroatoms. The van der Waals surface area contributed by atoms with Crippen LogP contribution in [-0.4, -0.2) is 11.9 Å². The molecule has 2 N–H and O–H groups in total. The molecule has 1 aliphatic carbocycles. The number of nitrogens with two attached hydrogens (primary N) is 1. The van der Waals surface area contributed by atoms with Crippen LogP contribution < -0.4 is 5.73 Å². The van der Waals surface area contributed by atoms with Gasteiger partial charge in [-0.1, -0.05) is 19.3 Å². The lowest BCUT2D eigenvalue weighted by Gasteiger charge is -2.21. The highest BCUT2D eigenvalue weighted by Gasteiger charge is 2.17. The minimum Gasteiger partial charge on any atom is -0.387 e. The first-order valence-corrected chi connectivity index (χ1v) is 7.85. The molecule has 1 aromatic rings. The molecule has 1 saturated carbocycles.